The molecule has 2 heterocycles. The third-order valence-electron chi connectivity index (χ3n) is 4.82. The molecule has 3 rings (SSSR count). The maximum atomic E-state index is 13.2. The highest BCUT2D eigenvalue weighted by molar-refractivity contribution is 6.10. The summed E-state index contributed by atoms with van der Waals surface area (Å²) in [5, 5.41) is 21.4. The van der Waals surface area contributed by atoms with Crippen molar-refractivity contribution in [1.82, 2.24) is 4.98 Å². The highest BCUT2D eigenvalue weighted by Gasteiger charge is 2.56. The number of nitrogens with zero attached hydrogens (tertiary/aromatic N) is 2. The topological polar surface area (TPSA) is 139 Å². The Labute approximate surface area is 172 Å². The normalized spacial score (nSPS) is 17.5. The second kappa shape index (κ2) is 7.48. The van der Waals surface area contributed by atoms with Gasteiger partial charge in [0.05, 0.1) is 23.8 Å². The van der Waals surface area contributed by atoms with Crippen LogP contribution in [-0.2, 0) is 24.7 Å². The Morgan fingerprint density at radius 2 is 2.03 bits per heavy atom. The van der Waals surface area contributed by atoms with Crippen molar-refractivity contribution in [3.05, 3.63) is 53.2 Å². The fraction of sp³-hybridized carbons (Fsp3) is 0.286. The van der Waals surface area contributed by atoms with E-state index in [4.69, 9.17) is 9.47 Å². The van der Waals surface area contributed by atoms with Crippen molar-refractivity contribution >= 4 is 23.5 Å². The molecule has 2 aromatic rings. The SMILES string of the molecule is CCOc1ncccc1C1(OC(=O)C(C)(C)C(=O)O)C(=O)Nc2ccc(C#N)cc21. The molecule has 1 aromatic heterocycles. The van der Waals surface area contributed by atoms with Gasteiger partial charge in [-0.2, -0.15) is 5.26 Å². The number of carboxylic acids is 1. The number of hydrogen-bond donors (Lipinski definition) is 2. The van der Waals surface area contributed by atoms with Crippen LogP contribution in [-0.4, -0.2) is 34.5 Å². The standard InChI is InChI=1S/C21H19N3O6/c1-4-29-16-13(6-5-9-23-16)21(30-19(28)20(2,3)18(26)27)14-10-12(11-22)7-8-15(14)24-17(21)25/h5-10H,4H2,1-3H3,(H,24,25)(H,26,27). The molecule has 0 saturated carbocycles. The van der Waals surface area contributed by atoms with Crippen molar-refractivity contribution in [2.75, 3.05) is 11.9 Å². The van der Waals surface area contributed by atoms with Gasteiger partial charge in [-0.15, -0.1) is 0 Å². The highest BCUT2D eigenvalue weighted by Crippen LogP contribution is 2.47. The molecule has 1 aliphatic rings. The van der Waals surface area contributed by atoms with Crippen LogP contribution >= 0.6 is 0 Å². The summed E-state index contributed by atoms with van der Waals surface area (Å²) < 4.78 is 11.2. The smallest absolute Gasteiger partial charge is 0.324 e. The van der Waals surface area contributed by atoms with E-state index in [2.05, 4.69) is 10.3 Å². The Hall–Kier alpha value is -3.93. The molecule has 0 spiro atoms. The summed E-state index contributed by atoms with van der Waals surface area (Å²) >= 11 is 0. The first-order chi connectivity index (χ1) is 14.2. The van der Waals surface area contributed by atoms with E-state index >= 15 is 0 Å². The summed E-state index contributed by atoms with van der Waals surface area (Å²) in [6, 6.07) is 9.46. The largest absolute Gasteiger partial charge is 0.480 e. The minimum atomic E-state index is -2.08. The quantitative estimate of drug-likeness (QED) is 0.547. The molecule has 1 unspecified atom stereocenters. The van der Waals surface area contributed by atoms with Crippen molar-refractivity contribution < 1.29 is 29.0 Å². The number of nitriles is 1. The molecule has 154 valence electrons. The number of fused-ring (bicyclic) bond motifs is 1. The number of pyridine rings is 1. The van der Waals surface area contributed by atoms with Crippen LogP contribution in [0.25, 0.3) is 0 Å². The Kier molecular flexibility index (Phi) is 5.18. The van der Waals surface area contributed by atoms with Gasteiger partial charge in [0, 0.05) is 17.4 Å². The predicted molar refractivity (Wildman–Crippen MR) is 103 cm³/mol. The Bertz CT molecular complexity index is 1090. The minimum absolute atomic E-state index is 0.0475. The average molecular weight is 409 g/mol. The van der Waals surface area contributed by atoms with E-state index in [0.717, 1.165) is 0 Å². The number of amides is 1. The van der Waals surface area contributed by atoms with E-state index in [9.17, 15) is 24.8 Å². The number of carboxylic acid groups (broad SMARTS) is 1. The number of aliphatic carboxylic acids is 1. The fourth-order valence-electron chi connectivity index (χ4n) is 3.03. The third-order valence-corrected chi connectivity index (χ3v) is 4.82. The summed E-state index contributed by atoms with van der Waals surface area (Å²) in [7, 11) is 0. The van der Waals surface area contributed by atoms with Crippen LogP contribution in [0, 0.1) is 16.7 Å². The van der Waals surface area contributed by atoms with E-state index in [1.165, 1.54) is 50.4 Å². The first-order valence-electron chi connectivity index (χ1n) is 9.09. The first-order valence-corrected chi connectivity index (χ1v) is 9.09. The number of ether oxygens (including phenoxy) is 2. The van der Waals surface area contributed by atoms with E-state index < -0.39 is 28.9 Å². The number of anilines is 1. The number of esters is 1. The number of carbonyl (C=O) groups excluding carboxylic acids is 2. The average Bonchev–Trinajstić information content (AvgIpc) is 2.99. The zero-order valence-electron chi connectivity index (χ0n) is 16.6. The Balaban J connectivity index is 2.30. The molecule has 2 N–H and O–H groups in total. The molecule has 0 aliphatic carbocycles. The number of rotatable bonds is 6. The van der Waals surface area contributed by atoms with Crippen LogP contribution in [0.5, 0.6) is 5.88 Å². The summed E-state index contributed by atoms with van der Waals surface area (Å²) in [5.74, 6) is -3.22. The monoisotopic (exact) mass is 409 g/mol. The molecule has 1 atom stereocenters. The van der Waals surface area contributed by atoms with Crippen LogP contribution in [0.2, 0.25) is 0 Å². The fourth-order valence-corrected chi connectivity index (χ4v) is 3.03. The second-order valence-corrected chi connectivity index (χ2v) is 7.12. The summed E-state index contributed by atoms with van der Waals surface area (Å²) in [4.78, 5) is 41.9. The van der Waals surface area contributed by atoms with Gasteiger partial charge >= 0.3 is 11.9 Å². The molecular formula is C21H19N3O6. The number of hydrogen-bond acceptors (Lipinski definition) is 7. The molecule has 1 aromatic carbocycles. The highest BCUT2D eigenvalue weighted by atomic mass is 16.6. The van der Waals surface area contributed by atoms with Crippen LogP contribution < -0.4 is 10.1 Å². The molecular weight excluding hydrogens is 390 g/mol. The molecule has 0 bridgehead atoms. The van der Waals surface area contributed by atoms with Crippen LogP contribution in [0.15, 0.2) is 36.5 Å². The molecule has 1 amide bonds. The molecule has 0 saturated heterocycles. The van der Waals surface area contributed by atoms with Gasteiger partial charge in [0.2, 0.25) is 11.5 Å². The summed E-state index contributed by atoms with van der Waals surface area (Å²) in [6.07, 6.45) is 1.45. The Morgan fingerprint density at radius 3 is 2.67 bits per heavy atom. The lowest BCUT2D eigenvalue weighted by atomic mass is 9.85. The lowest BCUT2D eigenvalue weighted by Crippen LogP contribution is -2.46. The molecule has 9 heteroatoms. The number of nitrogens with one attached hydrogen (secondary N) is 1. The lowest BCUT2D eigenvalue weighted by molar-refractivity contribution is -0.178. The van der Waals surface area contributed by atoms with Gasteiger partial charge in [0.25, 0.3) is 5.91 Å². The number of benzene rings is 1. The first kappa shape index (κ1) is 20.8. The maximum absolute atomic E-state index is 13.2. The zero-order valence-corrected chi connectivity index (χ0v) is 16.6. The molecule has 1 aliphatic heterocycles. The molecule has 30 heavy (non-hydrogen) atoms. The van der Waals surface area contributed by atoms with Gasteiger partial charge in [-0.1, -0.05) is 0 Å². The van der Waals surface area contributed by atoms with Gasteiger partial charge in [-0.05, 0) is 51.1 Å². The van der Waals surface area contributed by atoms with Gasteiger partial charge in [-0.25, -0.2) is 4.98 Å². The van der Waals surface area contributed by atoms with Crippen molar-refractivity contribution in [2.45, 2.75) is 26.4 Å². The van der Waals surface area contributed by atoms with Crippen molar-refractivity contribution in [1.29, 1.82) is 5.26 Å². The number of carbonyl (C=O) groups is 3. The van der Waals surface area contributed by atoms with Crippen LogP contribution in [0.1, 0.15) is 37.5 Å². The molecule has 0 fully saturated rings. The van der Waals surface area contributed by atoms with Crippen molar-refractivity contribution in [3.63, 3.8) is 0 Å². The lowest BCUT2D eigenvalue weighted by Gasteiger charge is -2.31. The van der Waals surface area contributed by atoms with E-state index in [1.54, 1.807) is 6.92 Å². The molecule has 9 nitrogen and oxygen atoms in total. The maximum Gasteiger partial charge on any atom is 0.324 e. The van der Waals surface area contributed by atoms with Gasteiger partial charge in [-0.3, -0.25) is 14.4 Å². The van der Waals surface area contributed by atoms with Gasteiger partial charge in [0.15, 0.2) is 5.41 Å². The van der Waals surface area contributed by atoms with E-state index in [1.807, 2.05) is 6.07 Å². The minimum Gasteiger partial charge on any atom is -0.480 e. The summed E-state index contributed by atoms with van der Waals surface area (Å²) in [5.41, 5.74) is -3.15. The number of aromatic nitrogens is 1. The van der Waals surface area contributed by atoms with E-state index in [-0.39, 0.29) is 29.2 Å². The van der Waals surface area contributed by atoms with Gasteiger partial charge in [0.1, 0.15) is 0 Å². The zero-order chi connectivity index (χ0) is 22.1. The summed E-state index contributed by atoms with van der Waals surface area (Å²) in [6.45, 7) is 4.30. The third kappa shape index (κ3) is 3.12. The van der Waals surface area contributed by atoms with Crippen molar-refractivity contribution in [2.24, 2.45) is 5.41 Å². The predicted octanol–water partition coefficient (Wildman–Crippen LogP) is 2.20. The van der Waals surface area contributed by atoms with Gasteiger partial charge < -0.3 is 19.9 Å². The van der Waals surface area contributed by atoms with Crippen LogP contribution in [0.4, 0.5) is 5.69 Å². The van der Waals surface area contributed by atoms with E-state index in [0.29, 0.717) is 5.69 Å². The second-order valence-electron chi connectivity index (χ2n) is 7.12. The van der Waals surface area contributed by atoms with Crippen molar-refractivity contribution in [3.8, 4) is 11.9 Å². The Morgan fingerprint density at radius 1 is 1.30 bits per heavy atom. The van der Waals surface area contributed by atoms with Crippen LogP contribution in [0.3, 0.4) is 0 Å². The molecule has 0 radical (unpaired) electrons.